The summed E-state index contributed by atoms with van der Waals surface area (Å²) < 4.78 is 0. The van der Waals surface area contributed by atoms with Crippen LogP contribution in [0, 0.1) is 0 Å². The minimum absolute atomic E-state index is 0.863. The fraction of sp³-hybridized carbons (Fsp3) is 0.571. The molecule has 0 aromatic heterocycles. The fourth-order valence-corrected chi connectivity index (χ4v) is 1.93. The lowest BCUT2D eigenvalue weighted by molar-refractivity contribution is 0.744. The van der Waals surface area contributed by atoms with E-state index in [4.69, 9.17) is 0 Å². The molecule has 1 aromatic rings. The molecule has 0 radical (unpaired) electrons. The van der Waals surface area contributed by atoms with Gasteiger partial charge in [-0.2, -0.15) is 0 Å². The third kappa shape index (κ3) is 3.26. The van der Waals surface area contributed by atoms with E-state index < -0.39 is 0 Å². The van der Waals surface area contributed by atoms with Gasteiger partial charge in [-0.15, -0.1) is 0 Å². The van der Waals surface area contributed by atoms with Crippen molar-refractivity contribution in [3.63, 3.8) is 0 Å². The van der Waals surface area contributed by atoms with Crippen LogP contribution in [0.1, 0.15) is 50.5 Å². The molecular weight excluding hydrogens is 182 g/mol. The predicted molar refractivity (Wildman–Crippen MR) is 66.4 cm³/mol. The number of hydrogen-bond acceptors (Lipinski definition) is 1. The smallest absolute Gasteiger partial charge is 0.0343 e. The van der Waals surface area contributed by atoms with Crippen LogP contribution in [0.2, 0.25) is 0 Å². The molecule has 0 spiro atoms. The van der Waals surface area contributed by atoms with Gasteiger partial charge in [0.25, 0.3) is 0 Å². The zero-order valence-electron chi connectivity index (χ0n) is 9.63. The number of benzene rings is 1. The van der Waals surface area contributed by atoms with Gasteiger partial charge in [-0.25, -0.2) is 0 Å². The molecule has 0 heterocycles. The highest BCUT2D eigenvalue weighted by Gasteiger charge is 2.23. The maximum Gasteiger partial charge on any atom is 0.0343 e. The van der Waals surface area contributed by atoms with E-state index in [1.807, 2.05) is 0 Å². The van der Waals surface area contributed by atoms with Gasteiger partial charge in [0.15, 0.2) is 0 Å². The summed E-state index contributed by atoms with van der Waals surface area (Å²) in [5.74, 6) is 0.863. The molecule has 1 aliphatic rings. The molecule has 0 aliphatic heterocycles. The summed E-state index contributed by atoms with van der Waals surface area (Å²) in [5, 5.41) is 3.50. The maximum absolute atomic E-state index is 3.50. The third-order valence-corrected chi connectivity index (χ3v) is 3.04. The van der Waals surface area contributed by atoms with Crippen molar-refractivity contribution in [2.45, 2.75) is 44.9 Å². The Kier molecular flexibility index (Phi) is 3.65. The number of nitrogens with one attached hydrogen (secondary N) is 1. The van der Waals surface area contributed by atoms with Crippen molar-refractivity contribution in [1.82, 2.24) is 0 Å². The van der Waals surface area contributed by atoms with Crippen molar-refractivity contribution < 1.29 is 0 Å². The first-order valence-electron chi connectivity index (χ1n) is 6.24. The Morgan fingerprint density at radius 2 is 2.13 bits per heavy atom. The molecule has 1 nitrogen and oxygen atoms in total. The van der Waals surface area contributed by atoms with Gasteiger partial charge in [-0.3, -0.25) is 0 Å². The van der Waals surface area contributed by atoms with E-state index in [1.54, 1.807) is 0 Å². The highest BCUT2D eigenvalue weighted by atomic mass is 14.9. The second-order valence-corrected chi connectivity index (χ2v) is 4.53. The lowest BCUT2D eigenvalue weighted by Crippen LogP contribution is -2.01. The van der Waals surface area contributed by atoms with Crippen LogP contribution in [0.4, 0.5) is 5.69 Å². The number of rotatable bonds is 6. The summed E-state index contributed by atoms with van der Waals surface area (Å²) in [7, 11) is 0. The van der Waals surface area contributed by atoms with Crippen molar-refractivity contribution in [2.75, 3.05) is 11.9 Å². The van der Waals surface area contributed by atoms with Crippen molar-refractivity contribution >= 4 is 5.69 Å². The van der Waals surface area contributed by atoms with Crippen LogP contribution in [0.15, 0.2) is 24.3 Å². The van der Waals surface area contributed by atoms with Crippen LogP contribution < -0.4 is 5.32 Å². The predicted octanol–water partition coefficient (Wildman–Crippen LogP) is 4.17. The standard InChI is InChI=1S/C14H21N/c1-2-3-4-10-15-14-7-5-6-13(11-14)12-8-9-12/h5-7,11-12,15H,2-4,8-10H2,1H3. The minimum atomic E-state index is 0.863. The second kappa shape index (κ2) is 5.20. The fourth-order valence-electron chi connectivity index (χ4n) is 1.93. The number of anilines is 1. The highest BCUT2D eigenvalue weighted by Crippen LogP contribution is 2.40. The van der Waals surface area contributed by atoms with E-state index in [0.717, 1.165) is 12.5 Å². The summed E-state index contributed by atoms with van der Waals surface area (Å²) in [5.41, 5.74) is 2.82. The van der Waals surface area contributed by atoms with E-state index in [-0.39, 0.29) is 0 Å². The Morgan fingerprint density at radius 3 is 2.87 bits per heavy atom. The molecular formula is C14H21N. The molecule has 1 heteroatoms. The quantitative estimate of drug-likeness (QED) is 0.684. The Bertz CT molecular complexity index is 302. The van der Waals surface area contributed by atoms with Gasteiger partial charge in [0, 0.05) is 12.2 Å². The van der Waals surface area contributed by atoms with Crippen LogP contribution in [0.3, 0.4) is 0 Å². The van der Waals surface area contributed by atoms with Crippen LogP contribution >= 0.6 is 0 Å². The van der Waals surface area contributed by atoms with Crippen LogP contribution in [0.5, 0.6) is 0 Å². The molecule has 0 saturated heterocycles. The Hall–Kier alpha value is -0.980. The summed E-state index contributed by atoms with van der Waals surface area (Å²) in [6, 6.07) is 8.94. The molecule has 1 aliphatic carbocycles. The highest BCUT2D eigenvalue weighted by molar-refractivity contribution is 5.47. The molecule has 1 fully saturated rings. The normalized spacial score (nSPS) is 15.3. The first kappa shape index (κ1) is 10.5. The zero-order valence-corrected chi connectivity index (χ0v) is 9.63. The van der Waals surface area contributed by atoms with Gasteiger partial charge < -0.3 is 5.32 Å². The van der Waals surface area contributed by atoms with Gasteiger partial charge in [0.1, 0.15) is 0 Å². The zero-order chi connectivity index (χ0) is 10.5. The molecule has 1 saturated carbocycles. The van der Waals surface area contributed by atoms with E-state index in [9.17, 15) is 0 Å². The van der Waals surface area contributed by atoms with Gasteiger partial charge >= 0.3 is 0 Å². The molecule has 1 aromatic carbocycles. The summed E-state index contributed by atoms with van der Waals surface area (Å²) >= 11 is 0. The van der Waals surface area contributed by atoms with Crippen LogP contribution in [0.25, 0.3) is 0 Å². The second-order valence-electron chi connectivity index (χ2n) is 4.53. The molecule has 2 rings (SSSR count). The minimum Gasteiger partial charge on any atom is -0.385 e. The SMILES string of the molecule is CCCCCNc1cccc(C2CC2)c1. The van der Waals surface area contributed by atoms with Gasteiger partial charge in [-0.1, -0.05) is 31.9 Å². The Labute approximate surface area is 92.9 Å². The summed E-state index contributed by atoms with van der Waals surface area (Å²) in [6.45, 7) is 3.36. The molecule has 82 valence electrons. The Morgan fingerprint density at radius 1 is 1.27 bits per heavy atom. The average Bonchev–Trinajstić information content (AvgIpc) is 3.09. The summed E-state index contributed by atoms with van der Waals surface area (Å²) in [6.07, 6.45) is 6.68. The lowest BCUT2D eigenvalue weighted by atomic mass is 10.1. The molecule has 0 unspecified atom stereocenters. The molecule has 1 N–H and O–H groups in total. The third-order valence-electron chi connectivity index (χ3n) is 3.04. The number of unbranched alkanes of at least 4 members (excludes halogenated alkanes) is 2. The van der Waals surface area contributed by atoms with Crippen molar-refractivity contribution in [1.29, 1.82) is 0 Å². The average molecular weight is 203 g/mol. The van der Waals surface area contributed by atoms with Crippen molar-refractivity contribution in [3.05, 3.63) is 29.8 Å². The van der Waals surface area contributed by atoms with E-state index >= 15 is 0 Å². The molecule has 0 amide bonds. The van der Waals surface area contributed by atoms with Crippen molar-refractivity contribution in [2.24, 2.45) is 0 Å². The largest absolute Gasteiger partial charge is 0.385 e. The van der Waals surface area contributed by atoms with Crippen LogP contribution in [-0.2, 0) is 0 Å². The van der Waals surface area contributed by atoms with Crippen molar-refractivity contribution in [3.8, 4) is 0 Å². The van der Waals surface area contributed by atoms with Gasteiger partial charge in [-0.05, 0) is 42.9 Å². The topological polar surface area (TPSA) is 12.0 Å². The van der Waals surface area contributed by atoms with E-state index in [1.165, 1.54) is 43.4 Å². The monoisotopic (exact) mass is 203 g/mol. The number of hydrogen-bond donors (Lipinski definition) is 1. The van der Waals surface area contributed by atoms with E-state index in [0.29, 0.717) is 0 Å². The summed E-state index contributed by atoms with van der Waals surface area (Å²) in [4.78, 5) is 0. The first-order chi connectivity index (χ1) is 7.40. The lowest BCUT2D eigenvalue weighted by Gasteiger charge is -2.07. The van der Waals surface area contributed by atoms with Crippen LogP contribution in [-0.4, -0.2) is 6.54 Å². The maximum atomic E-state index is 3.50. The van der Waals surface area contributed by atoms with E-state index in [2.05, 4.69) is 36.5 Å². The first-order valence-corrected chi connectivity index (χ1v) is 6.24. The molecule has 0 atom stereocenters. The Balaban J connectivity index is 1.82. The molecule has 0 bridgehead atoms. The molecule has 15 heavy (non-hydrogen) atoms. The van der Waals surface area contributed by atoms with Gasteiger partial charge in [0.2, 0.25) is 0 Å². The van der Waals surface area contributed by atoms with Gasteiger partial charge in [0.05, 0.1) is 0 Å².